The third-order valence-corrected chi connectivity index (χ3v) is 8.28. The summed E-state index contributed by atoms with van der Waals surface area (Å²) in [4.78, 5) is 36.9. The Morgan fingerprint density at radius 1 is 1.08 bits per heavy atom. The fourth-order valence-corrected chi connectivity index (χ4v) is 7.05. The highest BCUT2D eigenvalue weighted by atomic mass is 16.1. The van der Waals surface area contributed by atoms with Crippen LogP contribution in [0.2, 0.25) is 0 Å². The van der Waals surface area contributed by atoms with Crippen molar-refractivity contribution in [1.29, 1.82) is 0 Å². The van der Waals surface area contributed by atoms with Gasteiger partial charge in [-0.15, -0.1) is 0 Å². The minimum Gasteiger partial charge on any atom is -0.300 e. The van der Waals surface area contributed by atoms with E-state index in [9.17, 15) is 14.4 Å². The molecule has 4 rings (SSSR count). The largest absolute Gasteiger partial charge is 0.300 e. The van der Waals surface area contributed by atoms with Crippen LogP contribution in [0.4, 0.5) is 0 Å². The molecule has 0 unspecified atom stereocenters. The molecule has 0 bridgehead atoms. The number of ketones is 3. The smallest absolute Gasteiger partial charge is 0.159 e. The first-order valence-electron chi connectivity index (χ1n) is 9.56. The molecular weight excluding hydrogens is 300 g/mol. The van der Waals surface area contributed by atoms with Gasteiger partial charge in [-0.05, 0) is 73.7 Å². The second-order valence-electron chi connectivity index (χ2n) is 9.23. The van der Waals surface area contributed by atoms with Crippen LogP contribution in [0.3, 0.4) is 0 Å². The SMILES string of the molecule is CC(=O)[C@H]1CC[C@H]2[C@@H]3CC(=O)C4=CC(=O)CC[C@@]4(C)[C@@H]3CC[C@]12C. The molecule has 0 aromatic carbocycles. The van der Waals surface area contributed by atoms with Gasteiger partial charge in [0, 0.05) is 24.3 Å². The van der Waals surface area contributed by atoms with Crippen molar-refractivity contribution in [1.82, 2.24) is 0 Å². The fourth-order valence-electron chi connectivity index (χ4n) is 7.05. The third-order valence-electron chi connectivity index (χ3n) is 8.28. The number of allylic oxidation sites excluding steroid dienone is 1. The lowest BCUT2D eigenvalue weighted by molar-refractivity contribution is -0.134. The molecule has 0 radical (unpaired) electrons. The van der Waals surface area contributed by atoms with E-state index in [1.54, 1.807) is 13.0 Å². The molecule has 0 spiro atoms. The molecule has 3 nitrogen and oxygen atoms in total. The van der Waals surface area contributed by atoms with Gasteiger partial charge in [-0.25, -0.2) is 0 Å². The Bertz CT molecular complexity index is 660. The maximum Gasteiger partial charge on any atom is 0.159 e. The lowest BCUT2D eigenvalue weighted by Gasteiger charge is -2.57. The minimum absolute atomic E-state index is 0.0787. The zero-order chi connectivity index (χ0) is 17.3. The van der Waals surface area contributed by atoms with Gasteiger partial charge in [0.2, 0.25) is 0 Å². The van der Waals surface area contributed by atoms with Crippen molar-refractivity contribution >= 4 is 17.3 Å². The normalized spacial score (nSPS) is 47.5. The van der Waals surface area contributed by atoms with E-state index < -0.39 is 0 Å². The zero-order valence-corrected chi connectivity index (χ0v) is 15.1. The molecule has 0 amide bonds. The number of rotatable bonds is 1. The summed E-state index contributed by atoms with van der Waals surface area (Å²) in [6, 6.07) is 0. The van der Waals surface area contributed by atoms with Crippen molar-refractivity contribution in [2.45, 2.75) is 65.7 Å². The summed E-state index contributed by atoms with van der Waals surface area (Å²) >= 11 is 0. The number of fused-ring (bicyclic) bond motifs is 5. The Hall–Kier alpha value is -1.25. The summed E-state index contributed by atoms with van der Waals surface area (Å²) in [5, 5.41) is 0. The van der Waals surface area contributed by atoms with E-state index in [-0.39, 0.29) is 28.3 Å². The second kappa shape index (κ2) is 5.12. The van der Waals surface area contributed by atoms with Gasteiger partial charge in [0.05, 0.1) is 0 Å². The minimum atomic E-state index is -0.121. The molecule has 4 aliphatic carbocycles. The van der Waals surface area contributed by atoms with E-state index in [0.29, 0.717) is 36.4 Å². The van der Waals surface area contributed by atoms with Crippen LogP contribution < -0.4 is 0 Å². The van der Waals surface area contributed by atoms with Crippen LogP contribution in [0.25, 0.3) is 0 Å². The zero-order valence-electron chi connectivity index (χ0n) is 15.1. The topological polar surface area (TPSA) is 51.2 Å². The van der Waals surface area contributed by atoms with E-state index in [0.717, 1.165) is 37.7 Å². The average Bonchev–Trinajstić information content (AvgIpc) is 2.87. The van der Waals surface area contributed by atoms with Crippen molar-refractivity contribution in [2.75, 3.05) is 0 Å². The summed E-state index contributed by atoms with van der Waals surface area (Å²) in [6.45, 7) is 6.26. The van der Waals surface area contributed by atoms with Crippen LogP contribution >= 0.6 is 0 Å². The number of Topliss-reactive ketones (excluding diaryl/α,β-unsaturated/α-hetero) is 2. The first-order chi connectivity index (χ1) is 11.3. The molecule has 24 heavy (non-hydrogen) atoms. The van der Waals surface area contributed by atoms with Crippen LogP contribution in [0.1, 0.15) is 65.7 Å². The highest BCUT2D eigenvalue weighted by Crippen LogP contribution is 2.66. The number of carbonyl (C=O) groups is 3. The Morgan fingerprint density at radius 3 is 2.54 bits per heavy atom. The predicted octanol–water partition coefficient (Wildman–Crippen LogP) is 3.90. The van der Waals surface area contributed by atoms with Crippen LogP contribution in [-0.2, 0) is 14.4 Å². The Morgan fingerprint density at radius 2 is 1.83 bits per heavy atom. The maximum absolute atomic E-state index is 12.9. The molecule has 0 aromatic rings. The van der Waals surface area contributed by atoms with Gasteiger partial charge < -0.3 is 0 Å². The molecule has 130 valence electrons. The molecule has 6 atom stereocenters. The van der Waals surface area contributed by atoms with E-state index >= 15 is 0 Å². The van der Waals surface area contributed by atoms with Crippen molar-refractivity contribution in [3.05, 3.63) is 11.6 Å². The molecule has 3 saturated carbocycles. The molecule has 3 fully saturated rings. The molecular formula is C21H28O3. The van der Waals surface area contributed by atoms with Crippen LogP contribution in [0, 0.1) is 34.5 Å². The summed E-state index contributed by atoms with van der Waals surface area (Å²) in [6.07, 6.45) is 7.91. The fraction of sp³-hybridized carbons (Fsp3) is 0.762. The number of hydrogen-bond acceptors (Lipinski definition) is 3. The number of carbonyl (C=O) groups excluding carboxylic acids is 3. The van der Waals surface area contributed by atoms with Crippen molar-refractivity contribution in [3.63, 3.8) is 0 Å². The predicted molar refractivity (Wildman–Crippen MR) is 91.3 cm³/mol. The van der Waals surface area contributed by atoms with E-state index in [1.165, 1.54) is 0 Å². The van der Waals surface area contributed by atoms with Gasteiger partial charge in [-0.2, -0.15) is 0 Å². The second-order valence-corrected chi connectivity index (χ2v) is 9.23. The van der Waals surface area contributed by atoms with Crippen LogP contribution in [-0.4, -0.2) is 17.3 Å². The van der Waals surface area contributed by atoms with Crippen molar-refractivity contribution in [2.24, 2.45) is 34.5 Å². The Labute approximate surface area is 144 Å². The molecule has 0 aromatic heterocycles. The van der Waals surface area contributed by atoms with Gasteiger partial charge in [0.25, 0.3) is 0 Å². The lowest BCUT2D eigenvalue weighted by Crippen LogP contribution is -2.53. The third kappa shape index (κ3) is 1.99. The van der Waals surface area contributed by atoms with E-state index in [2.05, 4.69) is 13.8 Å². The van der Waals surface area contributed by atoms with Gasteiger partial charge >= 0.3 is 0 Å². The molecule has 0 heterocycles. The van der Waals surface area contributed by atoms with Gasteiger partial charge in [0.1, 0.15) is 5.78 Å². The number of hydrogen-bond donors (Lipinski definition) is 0. The summed E-state index contributed by atoms with van der Waals surface area (Å²) < 4.78 is 0. The van der Waals surface area contributed by atoms with Gasteiger partial charge in [0.15, 0.2) is 11.6 Å². The van der Waals surface area contributed by atoms with Gasteiger partial charge in [-0.3, -0.25) is 14.4 Å². The van der Waals surface area contributed by atoms with Crippen molar-refractivity contribution in [3.8, 4) is 0 Å². The first-order valence-corrected chi connectivity index (χ1v) is 9.56. The lowest BCUT2D eigenvalue weighted by atomic mass is 9.46. The maximum atomic E-state index is 12.9. The molecule has 3 heteroatoms. The molecule has 4 aliphatic rings. The standard InChI is InChI=1S/C21H28O3/c1-12(22)15-4-5-16-14-11-19(24)18-10-13(23)6-8-21(18,3)17(14)7-9-20(15,16)2/h10,14-17H,4-9,11H2,1-3H3/t14-,15+,16-,17+,20+,21-/m0/s1. The summed E-state index contributed by atoms with van der Waals surface area (Å²) in [5.41, 5.74) is 0.767. The monoisotopic (exact) mass is 328 g/mol. The molecule has 0 aliphatic heterocycles. The Kier molecular flexibility index (Phi) is 3.47. The quantitative estimate of drug-likeness (QED) is 0.733. The Balaban J connectivity index is 1.72. The van der Waals surface area contributed by atoms with Crippen molar-refractivity contribution < 1.29 is 14.4 Å². The highest BCUT2D eigenvalue weighted by Gasteiger charge is 2.61. The molecule has 0 N–H and O–H groups in total. The average molecular weight is 328 g/mol. The summed E-state index contributed by atoms with van der Waals surface area (Å²) in [7, 11) is 0. The van der Waals surface area contributed by atoms with Gasteiger partial charge in [-0.1, -0.05) is 13.8 Å². The summed E-state index contributed by atoms with van der Waals surface area (Å²) in [5.74, 6) is 2.21. The first kappa shape index (κ1) is 16.2. The highest BCUT2D eigenvalue weighted by molar-refractivity contribution is 6.05. The molecule has 0 saturated heterocycles. The van der Waals surface area contributed by atoms with E-state index in [4.69, 9.17) is 0 Å². The van der Waals surface area contributed by atoms with Crippen LogP contribution in [0.15, 0.2) is 11.6 Å². The van der Waals surface area contributed by atoms with E-state index in [1.807, 2.05) is 0 Å². The van der Waals surface area contributed by atoms with Crippen LogP contribution in [0.5, 0.6) is 0 Å².